The van der Waals surface area contributed by atoms with Crippen molar-refractivity contribution in [3.05, 3.63) is 23.8 Å². The van der Waals surface area contributed by atoms with Crippen LogP contribution < -0.4 is 9.62 Å². The van der Waals surface area contributed by atoms with Gasteiger partial charge in [-0.05, 0) is 31.0 Å². The molecule has 120 valence electrons. The number of benzene rings is 1. The van der Waals surface area contributed by atoms with Crippen LogP contribution in [0, 0.1) is 0 Å². The first-order chi connectivity index (χ1) is 10.4. The van der Waals surface area contributed by atoms with E-state index in [9.17, 15) is 13.2 Å². The summed E-state index contributed by atoms with van der Waals surface area (Å²) in [5.41, 5.74) is 1.15. The summed E-state index contributed by atoms with van der Waals surface area (Å²) in [7, 11) is -3.32. The Morgan fingerprint density at radius 3 is 2.73 bits per heavy atom. The topological polar surface area (TPSA) is 66.5 Å². The second kappa shape index (κ2) is 6.12. The van der Waals surface area contributed by atoms with E-state index in [1.165, 1.54) is 10.6 Å². The Bertz CT molecular complexity index is 682. The lowest BCUT2D eigenvalue weighted by atomic mass is 10.1. The zero-order chi connectivity index (χ0) is 15.7. The van der Waals surface area contributed by atoms with E-state index in [4.69, 9.17) is 0 Å². The molecule has 1 aromatic carbocycles. The number of fused-ring (bicyclic) bond motifs is 1. The van der Waals surface area contributed by atoms with Gasteiger partial charge in [0.1, 0.15) is 0 Å². The van der Waals surface area contributed by atoms with Gasteiger partial charge in [0.25, 0.3) is 5.91 Å². The number of anilines is 1. The molecule has 0 radical (unpaired) electrons. The largest absolute Gasteiger partial charge is 0.349 e. The molecule has 1 heterocycles. The van der Waals surface area contributed by atoms with Gasteiger partial charge in [0.2, 0.25) is 10.0 Å². The fourth-order valence-corrected chi connectivity index (χ4v) is 5.10. The molecule has 3 rings (SSSR count). The molecule has 1 amide bonds. The predicted octanol–water partition coefficient (Wildman–Crippen LogP) is 2.23. The van der Waals surface area contributed by atoms with Crippen LogP contribution in [0.1, 0.15) is 36.0 Å². The Morgan fingerprint density at radius 1 is 1.32 bits per heavy atom. The minimum Gasteiger partial charge on any atom is -0.349 e. The average Bonchev–Trinajstić information content (AvgIpc) is 2.98. The Kier molecular flexibility index (Phi) is 4.36. The van der Waals surface area contributed by atoms with Gasteiger partial charge in [0.05, 0.1) is 11.9 Å². The Hall–Kier alpha value is -1.21. The Morgan fingerprint density at radius 2 is 2.05 bits per heavy atom. The van der Waals surface area contributed by atoms with Crippen molar-refractivity contribution in [2.75, 3.05) is 22.9 Å². The van der Waals surface area contributed by atoms with Gasteiger partial charge in [-0.1, -0.05) is 12.8 Å². The fraction of sp³-hybridized carbons (Fsp3) is 0.533. The minimum absolute atomic E-state index is 0.112. The molecule has 0 aromatic heterocycles. The van der Waals surface area contributed by atoms with E-state index in [0.717, 1.165) is 36.3 Å². The molecule has 0 saturated heterocycles. The molecule has 1 aromatic rings. The van der Waals surface area contributed by atoms with E-state index in [1.807, 2.05) is 6.07 Å². The molecule has 7 heteroatoms. The number of hydrogen-bond donors (Lipinski definition) is 1. The number of rotatable bonds is 3. The summed E-state index contributed by atoms with van der Waals surface area (Å²) in [4.78, 5) is 13.3. The van der Waals surface area contributed by atoms with E-state index in [1.54, 1.807) is 23.9 Å². The second-order valence-corrected chi connectivity index (χ2v) is 8.86. The van der Waals surface area contributed by atoms with Crippen LogP contribution in [-0.4, -0.2) is 38.9 Å². The lowest BCUT2D eigenvalue weighted by Gasteiger charge is -2.29. The van der Waals surface area contributed by atoms with Gasteiger partial charge in [-0.3, -0.25) is 9.10 Å². The zero-order valence-electron chi connectivity index (χ0n) is 12.5. The first kappa shape index (κ1) is 15.7. The lowest BCUT2D eigenvalue weighted by molar-refractivity contribution is 0.0938. The van der Waals surface area contributed by atoms with Crippen molar-refractivity contribution < 1.29 is 13.2 Å². The summed E-state index contributed by atoms with van der Waals surface area (Å²) in [6, 6.07) is 5.58. The van der Waals surface area contributed by atoms with Crippen LogP contribution in [0.15, 0.2) is 23.1 Å². The third-order valence-corrected chi connectivity index (χ3v) is 6.36. The van der Waals surface area contributed by atoms with Crippen LogP contribution in [0.5, 0.6) is 0 Å². The molecule has 1 N–H and O–H groups in total. The third kappa shape index (κ3) is 3.25. The number of amides is 1. The highest BCUT2D eigenvalue weighted by Gasteiger charge is 2.26. The molecule has 2 aliphatic rings. The summed E-state index contributed by atoms with van der Waals surface area (Å²) in [6.45, 7) is 0.449. The average molecular weight is 340 g/mol. The highest BCUT2D eigenvalue weighted by Crippen LogP contribution is 2.36. The normalized spacial score (nSPS) is 19.0. The van der Waals surface area contributed by atoms with E-state index in [-0.39, 0.29) is 11.9 Å². The van der Waals surface area contributed by atoms with Crippen molar-refractivity contribution in [2.45, 2.75) is 36.6 Å². The van der Waals surface area contributed by atoms with Crippen molar-refractivity contribution in [1.82, 2.24) is 5.32 Å². The van der Waals surface area contributed by atoms with E-state index in [2.05, 4.69) is 5.32 Å². The van der Waals surface area contributed by atoms with E-state index in [0.29, 0.717) is 17.8 Å². The molecule has 1 fully saturated rings. The SMILES string of the molecule is CS(=O)(=O)N1CCSc2ccc(C(=O)NC3CCCC3)cc21. The molecular formula is C15H20N2O3S2. The molecule has 0 bridgehead atoms. The van der Waals surface area contributed by atoms with Crippen LogP contribution in [0.3, 0.4) is 0 Å². The maximum Gasteiger partial charge on any atom is 0.251 e. The smallest absolute Gasteiger partial charge is 0.251 e. The standard InChI is InChI=1S/C15H20N2O3S2/c1-22(19,20)17-8-9-21-14-7-6-11(10-13(14)17)15(18)16-12-4-2-3-5-12/h6-7,10,12H,2-5,8-9H2,1H3,(H,16,18). The molecule has 0 spiro atoms. The van der Waals surface area contributed by atoms with Gasteiger partial charge < -0.3 is 5.32 Å². The molecule has 1 aliphatic heterocycles. The van der Waals surface area contributed by atoms with Crippen LogP contribution in [0.2, 0.25) is 0 Å². The highest BCUT2D eigenvalue weighted by atomic mass is 32.2. The summed E-state index contributed by atoms with van der Waals surface area (Å²) in [6.07, 6.45) is 5.59. The van der Waals surface area contributed by atoms with Gasteiger partial charge >= 0.3 is 0 Å². The first-order valence-corrected chi connectivity index (χ1v) is 10.3. The number of carbonyl (C=O) groups excluding carboxylic acids is 1. The van der Waals surface area contributed by atoms with Crippen molar-refractivity contribution in [1.29, 1.82) is 0 Å². The van der Waals surface area contributed by atoms with Crippen LogP contribution >= 0.6 is 11.8 Å². The van der Waals surface area contributed by atoms with Crippen molar-refractivity contribution in [2.24, 2.45) is 0 Å². The molecule has 22 heavy (non-hydrogen) atoms. The maximum absolute atomic E-state index is 12.4. The predicted molar refractivity (Wildman–Crippen MR) is 89.1 cm³/mol. The number of nitrogens with zero attached hydrogens (tertiary/aromatic N) is 1. The second-order valence-electron chi connectivity index (χ2n) is 5.82. The summed E-state index contributed by atoms with van der Waals surface area (Å²) in [5.74, 6) is 0.618. The van der Waals surface area contributed by atoms with Crippen molar-refractivity contribution in [3.8, 4) is 0 Å². The molecule has 5 nitrogen and oxygen atoms in total. The number of carbonyl (C=O) groups is 1. The van der Waals surface area contributed by atoms with Crippen LogP contribution in [0.25, 0.3) is 0 Å². The Labute approximate surface area is 135 Å². The monoisotopic (exact) mass is 340 g/mol. The van der Waals surface area contributed by atoms with Crippen molar-refractivity contribution in [3.63, 3.8) is 0 Å². The van der Waals surface area contributed by atoms with E-state index >= 15 is 0 Å². The fourth-order valence-electron chi connectivity index (χ4n) is 3.02. The third-order valence-electron chi connectivity index (χ3n) is 4.13. The summed E-state index contributed by atoms with van der Waals surface area (Å²) in [5, 5.41) is 3.04. The lowest BCUT2D eigenvalue weighted by Crippen LogP contribution is -2.35. The number of nitrogens with one attached hydrogen (secondary N) is 1. The maximum atomic E-state index is 12.4. The van der Waals surface area contributed by atoms with Gasteiger partial charge in [-0.15, -0.1) is 11.8 Å². The molecule has 0 atom stereocenters. The van der Waals surface area contributed by atoms with Gasteiger partial charge in [-0.2, -0.15) is 0 Å². The number of hydrogen-bond acceptors (Lipinski definition) is 4. The summed E-state index contributed by atoms with van der Waals surface area (Å²) < 4.78 is 25.2. The van der Waals surface area contributed by atoms with E-state index < -0.39 is 10.0 Å². The molecular weight excluding hydrogens is 320 g/mol. The number of thioether (sulfide) groups is 1. The molecule has 1 saturated carbocycles. The van der Waals surface area contributed by atoms with Crippen LogP contribution in [-0.2, 0) is 10.0 Å². The first-order valence-electron chi connectivity index (χ1n) is 7.50. The van der Waals surface area contributed by atoms with Gasteiger partial charge in [0.15, 0.2) is 0 Å². The van der Waals surface area contributed by atoms with Gasteiger partial charge in [-0.25, -0.2) is 8.42 Å². The van der Waals surface area contributed by atoms with Gasteiger partial charge in [0, 0.05) is 28.8 Å². The summed E-state index contributed by atoms with van der Waals surface area (Å²) >= 11 is 1.62. The molecule has 0 unspecified atom stereocenters. The Balaban J connectivity index is 1.86. The minimum atomic E-state index is -3.32. The van der Waals surface area contributed by atoms with Crippen molar-refractivity contribution >= 4 is 33.4 Å². The quantitative estimate of drug-likeness (QED) is 0.916. The van der Waals surface area contributed by atoms with Crippen LogP contribution in [0.4, 0.5) is 5.69 Å². The highest BCUT2D eigenvalue weighted by molar-refractivity contribution is 8.00. The zero-order valence-corrected chi connectivity index (χ0v) is 14.2. The number of sulfonamides is 1. The molecule has 1 aliphatic carbocycles.